The van der Waals surface area contributed by atoms with Crippen LogP contribution in [0.1, 0.15) is 37.0 Å². The Balaban J connectivity index is 1.81. The second kappa shape index (κ2) is 14.8. The zero-order valence-electron chi connectivity index (χ0n) is 25.2. The number of hydrogen-bond acceptors (Lipinski definition) is 4. The molecule has 0 aliphatic carbocycles. The van der Waals surface area contributed by atoms with Gasteiger partial charge in [0, 0.05) is 24.6 Å². The highest BCUT2D eigenvalue weighted by molar-refractivity contribution is 7.92. The largest absolute Gasteiger partial charge is 0.352 e. The minimum atomic E-state index is -4.20. The Morgan fingerprint density at radius 1 is 0.864 bits per heavy atom. The summed E-state index contributed by atoms with van der Waals surface area (Å²) in [6, 6.07) is 28.8. The van der Waals surface area contributed by atoms with Gasteiger partial charge in [0.15, 0.2) is 0 Å². The fraction of sp³-hybridized carbons (Fsp3) is 0.257. The van der Waals surface area contributed by atoms with E-state index in [1.54, 1.807) is 54.6 Å². The van der Waals surface area contributed by atoms with Gasteiger partial charge in [-0.2, -0.15) is 0 Å². The van der Waals surface area contributed by atoms with Crippen molar-refractivity contribution >= 4 is 27.5 Å². The van der Waals surface area contributed by atoms with E-state index in [4.69, 9.17) is 0 Å². The van der Waals surface area contributed by atoms with Gasteiger partial charge in [0.1, 0.15) is 18.4 Å². The van der Waals surface area contributed by atoms with Gasteiger partial charge < -0.3 is 10.2 Å². The van der Waals surface area contributed by atoms with Crippen molar-refractivity contribution in [3.05, 3.63) is 132 Å². The van der Waals surface area contributed by atoms with E-state index in [9.17, 15) is 18.0 Å². The summed E-state index contributed by atoms with van der Waals surface area (Å²) < 4.78 is 44.1. The smallest absolute Gasteiger partial charge is 0.264 e. The lowest BCUT2D eigenvalue weighted by molar-refractivity contribution is -0.140. The topological polar surface area (TPSA) is 86.8 Å². The van der Waals surface area contributed by atoms with Crippen LogP contribution in [0.4, 0.5) is 10.1 Å². The molecule has 0 radical (unpaired) electrons. The molecule has 0 aliphatic heterocycles. The van der Waals surface area contributed by atoms with Gasteiger partial charge in [0.25, 0.3) is 10.0 Å². The lowest BCUT2D eigenvalue weighted by atomic mass is 10.0. The highest BCUT2D eigenvalue weighted by atomic mass is 32.2. The highest BCUT2D eigenvalue weighted by Gasteiger charge is 2.35. The van der Waals surface area contributed by atoms with Crippen LogP contribution in [0, 0.1) is 12.7 Å². The van der Waals surface area contributed by atoms with Gasteiger partial charge in [-0.1, -0.05) is 85.8 Å². The quantitative estimate of drug-likeness (QED) is 0.203. The number of sulfonamides is 1. The predicted molar refractivity (Wildman–Crippen MR) is 171 cm³/mol. The first-order valence-corrected chi connectivity index (χ1v) is 16.1. The van der Waals surface area contributed by atoms with Crippen LogP contribution in [-0.4, -0.2) is 43.8 Å². The number of anilines is 1. The summed E-state index contributed by atoms with van der Waals surface area (Å²) >= 11 is 0. The molecule has 1 N–H and O–H groups in total. The number of carbonyl (C=O) groups is 2. The average molecular weight is 616 g/mol. The molecule has 9 heteroatoms. The van der Waals surface area contributed by atoms with Crippen LogP contribution in [0.15, 0.2) is 114 Å². The van der Waals surface area contributed by atoms with Gasteiger partial charge >= 0.3 is 0 Å². The first-order chi connectivity index (χ1) is 21.1. The second-order valence-electron chi connectivity index (χ2n) is 10.8. The monoisotopic (exact) mass is 615 g/mol. The first kappa shape index (κ1) is 32.4. The maximum absolute atomic E-state index is 15.0. The van der Waals surface area contributed by atoms with Gasteiger partial charge in [-0.25, -0.2) is 12.8 Å². The molecule has 4 aromatic carbocycles. The summed E-state index contributed by atoms with van der Waals surface area (Å²) in [5.41, 5.74) is 2.12. The third kappa shape index (κ3) is 8.11. The van der Waals surface area contributed by atoms with Crippen molar-refractivity contribution in [3.63, 3.8) is 0 Å². The lowest BCUT2D eigenvalue weighted by Crippen LogP contribution is -2.54. The Kier molecular flexibility index (Phi) is 10.9. The van der Waals surface area contributed by atoms with E-state index in [2.05, 4.69) is 5.32 Å². The van der Waals surface area contributed by atoms with E-state index in [1.165, 1.54) is 23.1 Å². The summed E-state index contributed by atoms with van der Waals surface area (Å²) in [6.45, 7) is 4.80. The van der Waals surface area contributed by atoms with E-state index >= 15 is 4.39 Å². The molecule has 0 fully saturated rings. The molecule has 0 spiro atoms. The molecule has 0 aromatic heterocycles. The summed E-state index contributed by atoms with van der Waals surface area (Å²) in [5.74, 6) is -1.58. The van der Waals surface area contributed by atoms with Crippen LogP contribution >= 0.6 is 0 Å². The third-order valence-corrected chi connectivity index (χ3v) is 9.26. The number of aryl methyl sites for hydroxylation is 1. The van der Waals surface area contributed by atoms with Gasteiger partial charge in [0.2, 0.25) is 11.8 Å². The maximum Gasteiger partial charge on any atom is 0.264 e. The van der Waals surface area contributed by atoms with E-state index in [1.807, 2.05) is 57.2 Å². The summed E-state index contributed by atoms with van der Waals surface area (Å²) in [7, 11) is -4.20. The average Bonchev–Trinajstić information content (AvgIpc) is 3.03. The van der Waals surface area contributed by atoms with Crippen LogP contribution < -0.4 is 9.62 Å². The number of hydrogen-bond donors (Lipinski definition) is 1. The fourth-order valence-corrected chi connectivity index (χ4v) is 6.26. The Hall–Kier alpha value is -4.50. The number of rotatable bonds is 13. The molecular formula is C35H38FN3O4S. The number of carbonyl (C=O) groups excluding carboxylic acids is 2. The number of nitrogens with one attached hydrogen (secondary N) is 1. The zero-order chi connectivity index (χ0) is 31.7. The highest BCUT2D eigenvalue weighted by Crippen LogP contribution is 2.26. The molecule has 7 nitrogen and oxygen atoms in total. The third-order valence-electron chi connectivity index (χ3n) is 7.47. The molecule has 230 valence electrons. The molecule has 2 atom stereocenters. The maximum atomic E-state index is 15.0. The molecule has 0 saturated heterocycles. The lowest BCUT2D eigenvalue weighted by Gasteiger charge is -2.34. The number of benzene rings is 4. The molecule has 0 saturated carbocycles. The number of halogens is 1. The van der Waals surface area contributed by atoms with Crippen LogP contribution in [0.25, 0.3) is 0 Å². The Bertz CT molecular complexity index is 1670. The van der Waals surface area contributed by atoms with Crippen molar-refractivity contribution in [2.75, 3.05) is 10.8 Å². The van der Waals surface area contributed by atoms with Gasteiger partial charge in [-0.3, -0.25) is 13.9 Å². The van der Waals surface area contributed by atoms with Crippen LogP contribution in [0.2, 0.25) is 0 Å². The summed E-state index contributed by atoms with van der Waals surface area (Å²) in [4.78, 5) is 29.6. The molecule has 0 bridgehead atoms. The number of amides is 2. The second-order valence-corrected chi connectivity index (χ2v) is 12.7. The van der Waals surface area contributed by atoms with Gasteiger partial charge in [0.05, 0.1) is 10.6 Å². The molecule has 0 unspecified atom stereocenters. The van der Waals surface area contributed by atoms with E-state index in [0.717, 1.165) is 15.4 Å². The van der Waals surface area contributed by atoms with Crippen molar-refractivity contribution in [2.24, 2.45) is 0 Å². The van der Waals surface area contributed by atoms with Gasteiger partial charge in [-0.15, -0.1) is 0 Å². The van der Waals surface area contributed by atoms with E-state index in [-0.39, 0.29) is 29.5 Å². The SMILES string of the molecule is CC[C@@H](C)NC(=O)[C@H](Cc1ccccc1)N(Cc1ccccc1F)C(=O)CN(c1cccc(C)c1)S(=O)(=O)c1ccccc1. The molecule has 0 aliphatic rings. The minimum absolute atomic E-state index is 0.0188. The first-order valence-electron chi connectivity index (χ1n) is 14.6. The van der Waals surface area contributed by atoms with E-state index < -0.39 is 40.2 Å². The molecule has 44 heavy (non-hydrogen) atoms. The van der Waals surface area contributed by atoms with Crippen molar-refractivity contribution in [1.29, 1.82) is 0 Å². The van der Waals surface area contributed by atoms with Crippen molar-refractivity contribution in [2.45, 2.75) is 57.1 Å². The van der Waals surface area contributed by atoms with Crippen molar-refractivity contribution < 1.29 is 22.4 Å². The molecule has 4 aromatic rings. The Labute approximate surface area is 259 Å². The normalized spacial score (nSPS) is 12.6. The van der Waals surface area contributed by atoms with Crippen LogP contribution in [0.5, 0.6) is 0 Å². The molecule has 4 rings (SSSR count). The van der Waals surface area contributed by atoms with Gasteiger partial charge in [-0.05, 0) is 61.7 Å². The molecule has 2 amide bonds. The Morgan fingerprint density at radius 2 is 1.50 bits per heavy atom. The zero-order valence-corrected chi connectivity index (χ0v) is 26.0. The van der Waals surface area contributed by atoms with Crippen molar-refractivity contribution in [1.82, 2.24) is 10.2 Å². The fourth-order valence-electron chi connectivity index (χ4n) is 4.84. The summed E-state index contributed by atoms with van der Waals surface area (Å²) in [6.07, 6.45) is 0.820. The predicted octanol–water partition coefficient (Wildman–Crippen LogP) is 5.88. The molecule has 0 heterocycles. The minimum Gasteiger partial charge on any atom is -0.352 e. The number of nitrogens with zero attached hydrogens (tertiary/aromatic N) is 2. The standard InChI is InChI=1S/C35H38FN3O4S/c1-4-27(3)37-35(41)33(23-28-15-7-5-8-16-28)38(24-29-17-11-12-21-32(29)36)34(40)25-39(30-18-13-14-26(2)22-30)44(42,43)31-19-9-6-10-20-31/h5-22,27,33H,4,23-25H2,1-3H3,(H,37,41)/t27-,33+/m1/s1. The van der Waals surface area contributed by atoms with E-state index in [0.29, 0.717) is 12.1 Å². The van der Waals surface area contributed by atoms with Crippen LogP contribution in [-0.2, 0) is 32.6 Å². The van der Waals surface area contributed by atoms with Crippen LogP contribution in [0.3, 0.4) is 0 Å². The molecular weight excluding hydrogens is 577 g/mol. The van der Waals surface area contributed by atoms with Crippen molar-refractivity contribution in [3.8, 4) is 0 Å². The summed E-state index contributed by atoms with van der Waals surface area (Å²) in [5, 5.41) is 2.98. The Morgan fingerprint density at radius 3 is 2.14 bits per heavy atom.